The number of aromatic nitrogens is 2. The maximum Gasteiger partial charge on any atom is 1.00 e. The molecule has 0 unspecified atom stereocenters. The Balaban J connectivity index is 0.00000128. The topological polar surface area (TPSA) is 65.9 Å². The summed E-state index contributed by atoms with van der Waals surface area (Å²) in [6.07, 6.45) is 3.85. The number of nitrogens with zero attached hydrogens (tertiary/aromatic N) is 2. The fraction of sp³-hybridized carbons (Fsp3) is 0.100. The Morgan fingerprint density at radius 2 is 2.19 bits per heavy atom. The number of pyridine rings is 1. The fourth-order valence-corrected chi connectivity index (χ4v) is 1.93. The molecule has 0 radical (unpaired) electrons. The fourth-order valence-electron chi connectivity index (χ4n) is 1.16. The molecule has 0 bridgehead atoms. The van der Waals surface area contributed by atoms with E-state index < -0.39 is 5.97 Å². The number of thiazole rings is 1. The van der Waals surface area contributed by atoms with Crippen LogP contribution < -0.4 is 24.0 Å². The van der Waals surface area contributed by atoms with Gasteiger partial charge in [0.1, 0.15) is 11.0 Å². The molecule has 0 fully saturated rings. The van der Waals surface area contributed by atoms with Gasteiger partial charge in [0.05, 0.1) is 0 Å². The van der Waals surface area contributed by atoms with E-state index in [2.05, 4.69) is 9.97 Å². The van der Waals surface area contributed by atoms with Crippen LogP contribution in [0.4, 0.5) is 0 Å². The average molecular weight is 226 g/mol. The molecular formula is C10H7LiN2O2S. The van der Waals surface area contributed by atoms with Crippen LogP contribution in [0.5, 0.6) is 0 Å². The predicted octanol–water partition coefficient (Wildman–Crippen LogP) is -2.50. The molecule has 2 aromatic heterocycles. The van der Waals surface area contributed by atoms with E-state index in [4.69, 9.17) is 0 Å². The van der Waals surface area contributed by atoms with Crippen molar-refractivity contribution in [2.45, 2.75) is 6.42 Å². The second-order valence-corrected chi connectivity index (χ2v) is 4.03. The summed E-state index contributed by atoms with van der Waals surface area (Å²) in [5, 5.41) is 10.5. The molecule has 2 heterocycles. The summed E-state index contributed by atoms with van der Waals surface area (Å²) < 4.78 is 0. The molecule has 0 N–H and O–H groups in total. The number of carbonyl (C=O) groups is 1. The molecule has 2 rings (SSSR count). The molecule has 0 aliphatic carbocycles. The van der Waals surface area contributed by atoms with Gasteiger partial charge in [-0.2, -0.15) is 0 Å². The van der Waals surface area contributed by atoms with Crippen LogP contribution in [0.2, 0.25) is 0 Å². The normalized spacial score (nSPS) is 9.50. The number of carboxylic acids is 1. The third-order valence-electron chi connectivity index (χ3n) is 1.81. The van der Waals surface area contributed by atoms with Gasteiger partial charge in [-0.25, -0.2) is 4.98 Å². The van der Waals surface area contributed by atoms with E-state index in [1.165, 1.54) is 0 Å². The van der Waals surface area contributed by atoms with Gasteiger partial charge in [-0.15, -0.1) is 11.3 Å². The first-order valence-electron chi connectivity index (χ1n) is 4.31. The van der Waals surface area contributed by atoms with Gasteiger partial charge in [0.2, 0.25) is 0 Å². The van der Waals surface area contributed by atoms with Crippen molar-refractivity contribution in [3.63, 3.8) is 0 Å². The van der Waals surface area contributed by atoms with Gasteiger partial charge in [-0.3, -0.25) is 4.98 Å². The summed E-state index contributed by atoms with van der Waals surface area (Å²) in [5.41, 5.74) is 0.894. The van der Waals surface area contributed by atoms with Crippen molar-refractivity contribution in [1.82, 2.24) is 9.97 Å². The zero-order chi connectivity index (χ0) is 10.7. The summed E-state index contributed by atoms with van der Waals surface area (Å²) in [4.78, 5) is 19.2. The molecule has 16 heavy (non-hydrogen) atoms. The van der Waals surface area contributed by atoms with E-state index in [0.29, 0.717) is 6.42 Å². The number of carbonyl (C=O) groups excluding carboxylic acids is 1. The molecule has 0 aliphatic heterocycles. The van der Waals surface area contributed by atoms with Crippen molar-refractivity contribution >= 4 is 17.3 Å². The third-order valence-corrected chi connectivity index (χ3v) is 2.79. The van der Waals surface area contributed by atoms with Crippen molar-refractivity contribution in [3.8, 4) is 0 Å². The minimum atomic E-state index is -1.23. The Morgan fingerprint density at radius 1 is 1.38 bits per heavy atom. The molecular weight excluding hydrogens is 219 g/mol. The van der Waals surface area contributed by atoms with Gasteiger partial charge in [0.25, 0.3) is 0 Å². The molecule has 0 amide bonds. The van der Waals surface area contributed by atoms with Crippen molar-refractivity contribution in [2.75, 3.05) is 0 Å². The molecule has 76 valence electrons. The molecule has 0 aliphatic rings. The van der Waals surface area contributed by atoms with E-state index in [-0.39, 0.29) is 23.9 Å². The quantitative estimate of drug-likeness (QED) is 0.542. The summed E-state index contributed by atoms with van der Waals surface area (Å²) in [5.74, 6) is -1.23. The Morgan fingerprint density at radius 3 is 2.75 bits per heavy atom. The largest absolute Gasteiger partial charge is 1.00 e. The summed E-state index contributed by atoms with van der Waals surface area (Å²) in [6, 6.07) is 5.62. The van der Waals surface area contributed by atoms with E-state index >= 15 is 0 Å². The Labute approximate surface area is 109 Å². The van der Waals surface area contributed by atoms with E-state index in [0.717, 1.165) is 21.9 Å². The SMILES string of the molecule is O=C([O-])c1ncc(Cc2ccccn2)s1.[Li+]. The second kappa shape index (κ2) is 5.80. The molecule has 6 heteroatoms. The molecule has 0 aromatic carbocycles. The van der Waals surface area contributed by atoms with Crippen molar-refractivity contribution in [3.05, 3.63) is 46.2 Å². The summed E-state index contributed by atoms with van der Waals surface area (Å²) >= 11 is 1.12. The number of carboxylic acid groups (broad SMARTS) is 1. The minimum absolute atomic E-state index is 0. The van der Waals surface area contributed by atoms with Gasteiger partial charge in [-0.1, -0.05) is 6.07 Å². The summed E-state index contributed by atoms with van der Waals surface area (Å²) in [6.45, 7) is 0. The summed E-state index contributed by atoms with van der Waals surface area (Å²) in [7, 11) is 0. The number of hydrogen-bond acceptors (Lipinski definition) is 5. The van der Waals surface area contributed by atoms with Gasteiger partial charge >= 0.3 is 18.9 Å². The van der Waals surface area contributed by atoms with Gasteiger partial charge < -0.3 is 9.90 Å². The number of hydrogen-bond donors (Lipinski definition) is 0. The van der Waals surface area contributed by atoms with Crippen LogP contribution in [0.15, 0.2) is 30.6 Å². The van der Waals surface area contributed by atoms with E-state index in [1.54, 1.807) is 12.4 Å². The van der Waals surface area contributed by atoms with Crippen LogP contribution in [0.3, 0.4) is 0 Å². The molecule has 2 aromatic rings. The monoisotopic (exact) mass is 226 g/mol. The zero-order valence-corrected chi connectivity index (χ0v) is 9.53. The van der Waals surface area contributed by atoms with Crippen molar-refractivity contribution in [2.24, 2.45) is 0 Å². The standard InChI is InChI=1S/C10H8N2O2S.Li/c13-10(14)9-12-6-8(15-9)5-7-3-1-2-4-11-7;/h1-4,6H,5H2,(H,13,14);/q;+1/p-1. The zero-order valence-electron chi connectivity index (χ0n) is 8.71. The van der Waals surface area contributed by atoms with Crippen LogP contribution in [0, 0.1) is 0 Å². The molecule has 0 saturated carbocycles. The average Bonchev–Trinajstić information content (AvgIpc) is 2.68. The van der Waals surface area contributed by atoms with Crippen LogP contribution in [-0.4, -0.2) is 15.9 Å². The van der Waals surface area contributed by atoms with Crippen LogP contribution >= 0.6 is 11.3 Å². The van der Waals surface area contributed by atoms with E-state index in [9.17, 15) is 9.90 Å². The predicted molar refractivity (Wildman–Crippen MR) is 53.5 cm³/mol. The van der Waals surface area contributed by atoms with Crippen LogP contribution in [-0.2, 0) is 6.42 Å². The Bertz CT molecular complexity index is 473. The maximum atomic E-state index is 10.5. The number of aromatic carboxylic acids is 1. The second-order valence-electron chi connectivity index (χ2n) is 2.92. The van der Waals surface area contributed by atoms with Gasteiger partial charge in [0, 0.05) is 29.4 Å². The minimum Gasteiger partial charge on any atom is -0.542 e. The first-order chi connectivity index (χ1) is 7.25. The van der Waals surface area contributed by atoms with Gasteiger partial charge in [-0.05, 0) is 12.1 Å². The van der Waals surface area contributed by atoms with Gasteiger partial charge in [0.15, 0.2) is 0 Å². The molecule has 0 atom stereocenters. The smallest absolute Gasteiger partial charge is 0.542 e. The molecule has 0 saturated heterocycles. The number of rotatable bonds is 3. The van der Waals surface area contributed by atoms with Crippen molar-refractivity contribution in [1.29, 1.82) is 0 Å². The van der Waals surface area contributed by atoms with Crippen LogP contribution in [0.1, 0.15) is 20.4 Å². The first kappa shape index (κ1) is 12.9. The maximum absolute atomic E-state index is 10.5. The van der Waals surface area contributed by atoms with Crippen molar-refractivity contribution < 1.29 is 28.8 Å². The van der Waals surface area contributed by atoms with Crippen LogP contribution in [0.25, 0.3) is 0 Å². The Kier molecular flexibility index (Phi) is 4.68. The molecule has 4 nitrogen and oxygen atoms in total. The molecule has 0 spiro atoms. The van der Waals surface area contributed by atoms with E-state index in [1.807, 2.05) is 18.2 Å². The Hall–Kier alpha value is -1.15. The first-order valence-corrected chi connectivity index (χ1v) is 5.13. The third kappa shape index (κ3) is 3.17.